The highest BCUT2D eigenvalue weighted by Gasteiger charge is 2.35. The molecule has 1 aromatic carbocycles. The summed E-state index contributed by atoms with van der Waals surface area (Å²) < 4.78 is 52.1. The van der Waals surface area contributed by atoms with Gasteiger partial charge in [-0.1, -0.05) is 0 Å². The third-order valence-electron chi connectivity index (χ3n) is 2.72. The van der Waals surface area contributed by atoms with E-state index in [4.69, 9.17) is 5.73 Å². The van der Waals surface area contributed by atoms with Gasteiger partial charge >= 0.3 is 6.18 Å². The number of primary amides is 1. The van der Waals surface area contributed by atoms with Crippen LogP contribution in [0.5, 0.6) is 0 Å². The van der Waals surface area contributed by atoms with Crippen LogP contribution in [0.1, 0.15) is 16.1 Å². The van der Waals surface area contributed by atoms with Gasteiger partial charge in [-0.05, 0) is 36.4 Å². The first-order valence-electron chi connectivity index (χ1n) is 5.61. The molecule has 0 radical (unpaired) electrons. The maximum absolute atomic E-state index is 13.0. The predicted molar refractivity (Wildman–Crippen MR) is 65.5 cm³/mol. The summed E-state index contributed by atoms with van der Waals surface area (Å²) in [7, 11) is 0. The zero-order valence-corrected chi connectivity index (χ0v) is 10.3. The van der Waals surface area contributed by atoms with Gasteiger partial charge < -0.3 is 5.73 Å². The van der Waals surface area contributed by atoms with Gasteiger partial charge in [0.15, 0.2) is 0 Å². The molecule has 8 heteroatoms. The van der Waals surface area contributed by atoms with E-state index >= 15 is 0 Å². The second-order valence-corrected chi connectivity index (χ2v) is 4.11. The van der Waals surface area contributed by atoms with E-state index < -0.39 is 34.7 Å². The lowest BCUT2D eigenvalue weighted by Gasteiger charge is -2.16. The first-order valence-corrected chi connectivity index (χ1v) is 5.61. The van der Waals surface area contributed by atoms with Crippen molar-refractivity contribution in [1.29, 1.82) is 0 Å². The average Bonchev–Trinajstić information content (AvgIpc) is 2.38. The van der Waals surface area contributed by atoms with Crippen LogP contribution in [0.4, 0.5) is 17.6 Å². The molecule has 1 amide bonds. The fraction of sp³-hybridized carbons (Fsp3) is 0.0769. The molecule has 0 atom stereocenters. The highest BCUT2D eigenvalue weighted by molar-refractivity contribution is 5.92. The molecule has 0 aliphatic carbocycles. The summed E-state index contributed by atoms with van der Waals surface area (Å²) in [6.45, 7) is 0. The van der Waals surface area contributed by atoms with Gasteiger partial charge in [-0.15, -0.1) is 0 Å². The van der Waals surface area contributed by atoms with E-state index in [1.807, 2.05) is 0 Å². The second-order valence-electron chi connectivity index (χ2n) is 4.11. The van der Waals surface area contributed by atoms with Crippen LogP contribution in [-0.4, -0.2) is 10.5 Å². The van der Waals surface area contributed by atoms with Gasteiger partial charge in [-0.2, -0.15) is 13.2 Å². The standard InChI is InChI=1S/C13H8F4N2O2/c14-7-1-3-8(4-2-7)19-10(13(15,16)17)6-5-9(11(18)20)12(19)21/h1-6H,(H2,18,20). The summed E-state index contributed by atoms with van der Waals surface area (Å²) in [6.07, 6.45) is -4.83. The topological polar surface area (TPSA) is 65.1 Å². The minimum Gasteiger partial charge on any atom is -0.365 e. The number of alkyl halides is 3. The highest BCUT2D eigenvalue weighted by Crippen LogP contribution is 2.30. The zero-order chi connectivity index (χ0) is 15.8. The molecular formula is C13H8F4N2O2. The summed E-state index contributed by atoms with van der Waals surface area (Å²) in [5.74, 6) is -1.82. The number of halogens is 4. The van der Waals surface area contributed by atoms with Gasteiger partial charge in [0, 0.05) is 5.69 Å². The molecule has 0 aliphatic heterocycles. The van der Waals surface area contributed by atoms with Crippen LogP contribution in [0, 0.1) is 5.82 Å². The summed E-state index contributed by atoms with van der Waals surface area (Å²) in [5.41, 5.74) is 1.63. The van der Waals surface area contributed by atoms with E-state index in [0.29, 0.717) is 12.1 Å². The molecule has 21 heavy (non-hydrogen) atoms. The smallest absolute Gasteiger partial charge is 0.365 e. The molecular weight excluding hydrogens is 292 g/mol. The van der Waals surface area contributed by atoms with E-state index in [9.17, 15) is 27.2 Å². The average molecular weight is 300 g/mol. The predicted octanol–water partition coefficient (Wildman–Crippen LogP) is 2.09. The molecule has 0 saturated heterocycles. The SMILES string of the molecule is NC(=O)c1ccc(C(F)(F)F)n(-c2ccc(F)cc2)c1=O. The van der Waals surface area contributed by atoms with Gasteiger partial charge in [0.05, 0.1) is 0 Å². The Hall–Kier alpha value is -2.64. The Morgan fingerprint density at radius 1 is 1.05 bits per heavy atom. The highest BCUT2D eigenvalue weighted by atomic mass is 19.4. The lowest BCUT2D eigenvalue weighted by molar-refractivity contribution is -0.142. The van der Waals surface area contributed by atoms with Crippen LogP contribution in [0.2, 0.25) is 0 Å². The van der Waals surface area contributed by atoms with Crippen molar-refractivity contribution in [3.05, 3.63) is 63.8 Å². The number of hydrogen-bond donors (Lipinski definition) is 1. The van der Waals surface area contributed by atoms with Crippen LogP contribution < -0.4 is 11.3 Å². The largest absolute Gasteiger partial charge is 0.431 e. The van der Waals surface area contributed by atoms with Gasteiger partial charge in [0.1, 0.15) is 17.1 Å². The number of carbonyl (C=O) groups excluding carboxylic acids is 1. The monoisotopic (exact) mass is 300 g/mol. The van der Waals surface area contributed by atoms with Crippen LogP contribution in [0.3, 0.4) is 0 Å². The van der Waals surface area contributed by atoms with E-state index in [1.165, 1.54) is 0 Å². The summed E-state index contributed by atoms with van der Waals surface area (Å²) in [6, 6.07) is 5.09. The lowest BCUT2D eigenvalue weighted by atomic mass is 10.2. The first kappa shape index (κ1) is 14.8. The molecule has 0 bridgehead atoms. The lowest BCUT2D eigenvalue weighted by Crippen LogP contribution is -2.32. The Morgan fingerprint density at radius 3 is 2.10 bits per heavy atom. The number of benzene rings is 1. The third kappa shape index (κ3) is 2.78. The van der Waals surface area contributed by atoms with E-state index in [0.717, 1.165) is 24.3 Å². The quantitative estimate of drug-likeness (QED) is 0.863. The van der Waals surface area contributed by atoms with E-state index in [1.54, 1.807) is 0 Å². The number of nitrogens with zero attached hydrogens (tertiary/aromatic N) is 1. The van der Waals surface area contributed by atoms with Crippen LogP contribution in [0.15, 0.2) is 41.2 Å². The summed E-state index contributed by atoms with van der Waals surface area (Å²) >= 11 is 0. The number of pyridine rings is 1. The van der Waals surface area contributed by atoms with Crippen LogP contribution in [0.25, 0.3) is 5.69 Å². The second kappa shape index (κ2) is 5.04. The molecule has 110 valence electrons. The Balaban J connectivity index is 2.82. The van der Waals surface area contributed by atoms with Crippen molar-refractivity contribution in [1.82, 2.24) is 4.57 Å². The summed E-state index contributed by atoms with van der Waals surface area (Å²) in [5, 5.41) is 0. The Labute approximate surface area is 115 Å². The molecule has 1 heterocycles. The van der Waals surface area contributed by atoms with Crippen molar-refractivity contribution in [3.63, 3.8) is 0 Å². The van der Waals surface area contributed by atoms with Crippen LogP contribution >= 0.6 is 0 Å². The van der Waals surface area contributed by atoms with Crippen molar-refractivity contribution in [2.75, 3.05) is 0 Å². The molecule has 0 fully saturated rings. The van der Waals surface area contributed by atoms with Gasteiger partial charge in [0.2, 0.25) is 0 Å². The van der Waals surface area contributed by atoms with E-state index in [2.05, 4.69) is 0 Å². The minimum absolute atomic E-state index is 0.225. The number of carbonyl (C=O) groups is 1. The van der Waals surface area contributed by atoms with Crippen molar-refractivity contribution in [2.45, 2.75) is 6.18 Å². The van der Waals surface area contributed by atoms with Crippen molar-refractivity contribution < 1.29 is 22.4 Å². The first-order chi connectivity index (χ1) is 9.71. The Kier molecular flexibility index (Phi) is 3.54. The molecule has 1 aromatic heterocycles. The fourth-order valence-corrected chi connectivity index (χ4v) is 1.79. The summed E-state index contributed by atoms with van der Waals surface area (Å²) in [4.78, 5) is 23.1. The number of hydrogen-bond acceptors (Lipinski definition) is 2. The van der Waals surface area contributed by atoms with Crippen LogP contribution in [-0.2, 0) is 6.18 Å². The van der Waals surface area contributed by atoms with E-state index in [-0.39, 0.29) is 10.3 Å². The normalized spacial score (nSPS) is 11.4. The third-order valence-corrected chi connectivity index (χ3v) is 2.72. The fourth-order valence-electron chi connectivity index (χ4n) is 1.79. The maximum atomic E-state index is 13.0. The molecule has 4 nitrogen and oxygen atoms in total. The molecule has 0 saturated carbocycles. The molecule has 0 spiro atoms. The number of amides is 1. The van der Waals surface area contributed by atoms with Crippen molar-refractivity contribution in [2.24, 2.45) is 5.73 Å². The molecule has 2 rings (SSSR count). The number of nitrogens with two attached hydrogens (primary N) is 1. The zero-order valence-electron chi connectivity index (χ0n) is 10.3. The molecule has 0 unspecified atom stereocenters. The Bertz CT molecular complexity index is 748. The maximum Gasteiger partial charge on any atom is 0.431 e. The Morgan fingerprint density at radius 2 is 1.62 bits per heavy atom. The van der Waals surface area contributed by atoms with Gasteiger partial charge in [-0.25, -0.2) is 4.39 Å². The van der Waals surface area contributed by atoms with Gasteiger partial charge in [0.25, 0.3) is 11.5 Å². The molecule has 2 aromatic rings. The van der Waals surface area contributed by atoms with Crippen molar-refractivity contribution >= 4 is 5.91 Å². The molecule has 0 aliphatic rings. The minimum atomic E-state index is -4.83. The van der Waals surface area contributed by atoms with Gasteiger partial charge in [-0.3, -0.25) is 14.2 Å². The molecule has 2 N–H and O–H groups in total. The van der Waals surface area contributed by atoms with Crippen molar-refractivity contribution in [3.8, 4) is 5.69 Å². The number of aromatic nitrogens is 1. The number of rotatable bonds is 2.